The molecule has 1 aliphatic rings. The van der Waals surface area contributed by atoms with Gasteiger partial charge in [0.15, 0.2) is 17.6 Å². The molecule has 0 aliphatic carbocycles. The van der Waals surface area contributed by atoms with Gasteiger partial charge >= 0.3 is 0 Å². The van der Waals surface area contributed by atoms with E-state index >= 15 is 0 Å². The van der Waals surface area contributed by atoms with Gasteiger partial charge in [-0.25, -0.2) is 8.78 Å². The first kappa shape index (κ1) is 24.7. The van der Waals surface area contributed by atoms with Gasteiger partial charge in [-0.2, -0.15) is 0 Å². The molecule has 0 radical (unpaired) electrons. The van der Waals surface area contributed by atoms with E-state index in [1.165, 1.54) is 12.1 Å². The topological polar surface area (TPSA) is 59.9 Å². The van der Waals surface area contributed by atoms with E-state index in [4.69, 9.17) is 0 Å². The van der Waals surface area contributed by atoms with Crippen LogP contribution in [0.3, 0.4) is 0 Å². The standard InChI is InChI=1S/C23H26F2N4OS.HI/c1-26-23(28-13-20(30)22-10-16-4-2-3-5-21(16)31-22)27-12-15-8-9-29(14-15)17-6-7-18(24)19(25)11-17;/h2-7,10-11,15,20,30H,8-9,12-14H2,1H3,(H2,26,27,28);1H. The van der Waals surface area contributed by atoms with Gasteiger partial charge in [0, 0.05) is 54.6 Å². The van der Waals surface area contributed by atoms with Crippen LogP contribution in [0.15, 0.2) is 53.5 Å². The van der Waals surface area contributed by atoms with Crippen LogP contribution >= 0.6 is 35.3 Å². The zero-order chi connectivity index (χ0) is 21.8. The van der Waals surface area contributed by atoms with E-state index in [9.17, 15) is 13.9 Å². The van der Waals surface area contributed by atoms with Crippen molar-refractivity contribution in [3.05, 3.63) is 65.0 Å². The summed E-state index contributed by atoms with van der Waals surface area (Å²) in [5.74, 6) is -0.652. The molecule has 3 N–H and O–H groups in total. The fourth-order valence-corrected chi connectivity index (χ4v) is 4.89. The molecule has 1 saturated heterocycles. The molecule has 0 bridgehead atoms. The molecule has 2 unspecified atom stereocenters. The number of halogens is 3. The molecule has 172 valence electrons. The number of nitrogens with zero attached hydrogens (tertiary/aromatic N) is 2. The van der Waals surface area contributed by atoms with Gasteiger partial charge in [0.1, 0.15) is 6.10 Å². The summed E-state index contributed by atoms with van der Waals surface area (Å²) in [6.45, 7) is 2.63. The number of aliphatic hydroxyl groups excluding tert-OH is 1. The van der Waals surface area contributed by atoms with Crippen molar-refractivity contribution in [3.8, 4) is 0 Å². The van der Waals surface area contributed by atoms with Crippen LogP contribution < -0.4 is 15.5 Å². The molecule has 3 aromatic rings. The van der Waals surface area contributed by atoms with Crippen LogP contribution in [-0.4, -0.2) is 44.3 Å². The third-order valence-electron chi connectivity index (χ3n) is 5.57. The highest BCUT2D eigenvalue weighted by Crippen LogP contribution is 2.29. The molecule has 1 aromatic heterocycles. The van der Waals surface area contributed by atoms with Gasteiger partial charge in [0.2, 0.25) is 0 Å². The Hall–Kier alpha value is -1.98. The zero-order valence-corrected chi connectivity index (χ0v) is 20.9. The Bertz CT molecular complexity index is 1040. The summed E-state index contributed by atoms with van der Waals surface area (Å²) >= 11 is 1.59. The molecule has 2 aromatic carbocycles. The quantitative estimate of drug-likeness (QED) is 0.231. The largest absolute Gasteiger partial charge is 0.386 e. The lowest BCUT2D eigenvalue weighted by Crippen LogP contribution is -2.41. The van der Waals surface area contributed by atoms with E-state index in [0.29, 0.717) is 30.7 Å². The third-order valence-corrected chi connectivity index (χ3v) is 6.79. The van der Waals surface area contributed by atoms with Gasteiger partial charge in [-0.1, -0.05) is 18.2 Å². The number of thiophene rings is 1. The first-order valence-corrected chi connectivity index (χ1v) is 11.2. The Morgan fingerprint density at radius 2 is 2.00 bits per heavy atom. The number of hydrogen-bond acceptors (Lipinski definition) is 4. The van der Waals surface area contributed by atoms with Crippen LogP contribution in [0.4, 0.5) is 14.5 Å². The van der Waals surface area contributed by atoms with E-state index in [2.05, 4.69) is 26.6 Å². The summed E-state index contributed by atoms with van der Waals surface area (Å²) in [5, 5.41) is 18.2. The van der Waals surface area contributed by atoms with Crippen LogP contribution in [0.1, 0.15) is 17.4 Å². The summed E-state index contributed by atoms with van der Waals surface area (Å²) in [6.07, 6.45) is 0.333. The van der Waals surface area contributed by atoms with E-state index in [-0.39, 0.29) is 24.0 Å². The number of guanidine groups is 1. The summed E-state index contributed by atoms with van der Waals surface area (Å²) < 4.78 is 27.8. The van der Waals surface area contributed by atoms with Crippen molar-refractivity contribution in [2.75, 3.05) is 38.1 Å². The molecule has 9 heteroatoms. The lowest BCUT2D eigenvalue weighted by atomic mass is 10.1. The Morgan fingerprint density at radius 3 is 2.75 bits per heavy atom. The molecule has 0 saturated carbocycles. The highest BCUT2D eigenvalue weighted by molar-refractivity contribution is 14.0. The maximum absolute atomic E-state index is 13.5. The Morgan fingerprint density at radius 1 is 1.19 bits per heavy atom. The summed E-state index contributed by atoms with van der Waals surface area (Å²) in [4.78, 5) is 7.22. The first-order valence-electron chi connectivity index (χ1n) is 10.3. The number of rotatable bonds is 6. The second kappa shape index (κ2) is 11.2. The number of benzene rings is 2. The van der Waals surface area contributed by atoms with Gasteiger partial charge in [-0.15, -0.1) is 35.3 Å². The van der Waals surface area contributed by atoms with Crippen molar-refractivity contribution in [2.24, 2.45) is 10.9 Å². The van der Waals surface area contributed by atoms with Crippen molar-refractivity contribution in [1.29, 1.82) is 0 Å². The van der Waals surface area contributed by atoms with E-state index < -0.39 is 17.7 Å². The fraction of sp³-hybridized carbons (Fsp3) is 0.348. The van der Waals surface area contributed by atoms with E-state index in [1.807, 2.05) is 24.3 Å². The number of anilines is 1. The minimum Gasteiger partial charge on any atom is -0.386 e. The monoisotopic (exact) mass is 572 g/mol. The molecular weight excluding hydrogens is 545 g/mol. The minimum absolute atomic E-state index is 0. The molecular formula is C23H27F2IN4OS. The second-order valence-electron chi connectivity index (χ2n) is 7.74. The van der Waals surface area contributed by atoms with Crippen molar-refractivity contribution in [2.45, 2.75) is 12.5 Å². The van der Waals surface area contributed by atoms with E-state index in [0.717, 1.165) is 34.5 Å². The zero-order valence-electron chi connectivity index (χ0n) is 17.7. The highest BCUT2D eigenvalue weighted by Gasteiger charge is 2.23. The van der Waals surface area contributed by atoms with Crippen LogP contribution in [-0.2, 0) is 0 Å². The molecule has 2 heterocycles. The average Bonchev–Trinajstić information content (AvgIpc) is 3.43. The third kappa shape index (κ3) is 5.87. The number of aliphatic imine (C=N–C) groups is 1. The maximum atomic E-state index is 13.5. The van der Waals surface area contributed by atoms with Crippen molar-refractivity contribution in [3.63, 3.8) is 0 Å². The van der Waals surface area contributed by atoms with Gasteiger partial charge in [0.25, 0.3) is 0 Å². The maximum Gasteiger partial charge on any atom is 0.191 e. The molecule has 1 aliphatic heterocycles. The summed E-state index contributed by atoms with van der Waals surface area (Å²) in [7, 11) is 1.70. The number of hydrogen-bond donors (Lipinski definition) is 3. The number of nitrogens with one attached hydrogen (secondary N) is 2. The van der Waals surface area contributed by atoms with Crippen LogP contribution in [0.2, 0.25) is 0 Å². The van der Waals surface area contributed by atoms with Crippen LogP contribution in [0.25, 0.3) is 10.1 Å². The van der Waals surface area contributed by atoms with Gasteiger partial charge < -0.3 is 20.6 Å². The Kier molecular flexibility index (Phi) is 8.66. The number of aliphatic hydroxyl groups is 1. The van der Waals surface area contributed by atoms with E-state index in [1.54, 1.807) is 24.5 Å². The van der Waals surface area contributed by atoms with Gasteiger partial charge in [0.05, 0.1) is 0 Å². The molecule has 4 rings (SSSR count). The smallest absolute Gasteiger partial charge is 0.191 e. The van der Waals surface area contributed by atoms with Crippen molar-refractivity contribution < 1.29 is 13.9 Å². The predicted octanol–water partition coefficient (Wildman–Crippen LogP) is 4.52. The van der Waals surface area contributed by atoms with Gasteiger partial charge in [-0.3, -0.25) is 4.99 Å². The molecule has 1 fully saturated rings. The van der Waals surface area contributed by atoms with Crippen molar-refractivity contribution >= 4 is 57.0 Å². The first-order chi connectivity index (χ1) is 15.0. The normalized spacial score (nSPS) is 17.3. The average molecular weight is 572 g/mol. The minimum atomic E-state index is -0.825. The Labute approximate surface area is 207 Å². The Balaban J connectivity index is 0.00000289. The van der Waals surface area contributed by atoms with Crippen molar-refractivity contribution in [1.82, 2.24) is 10.6 Å². The SMILES string of the molecule is CN=C(NCC1CCN(c2ccc(F)c(F)c2)C1)NCC(O)c1cc2ccccc2s1.I. The molecule has 0 amide bonds. The predicted molar refractivity (Wildman–Crippen MR) is 138 cm³/mol. The fourth-order valence-electron chi connectivity index (χ4n) is 3.84. The molecule has 32 heavy (non-hydrogen) atoms. The van der Waals surface area contributed by atoms with Crippen LogP contribution in [0.5, 0.6) is 0 Å². The highest BCUT2D eigenvalue weighted by atomic mass is 127. The lowest BCUT2D eigenvalue weighted by Gasteiger charge is -2.20. The van der Waals surface area contributed by atoms with Crippen LogP contribution in [0, 0.1) is 17.6 Å². The number of fused-ring (bicyclic) bond motifs is 1. The second-order valence-corrected chi connectivity index (χ2v) is 8.85. The molecule has 5 nitrogen and oxygen atoms in total. The molecule has 0 spiro atoms. The lowest BCUT2D eigenvalue weighted by molar-refractivity contribution is 0.184. The summed E-state index contributed by atoms with van der Waals surface area (Å²) in [6, 6.07) is 14.1. The van der Waals surface area contributed by atoms with Gasteiger partial charge in [-0.05, 0) is 42.0 Å². The molecule has 2 atom stereocenters. The summed E-state index contributed by atoms with van der Waals surface area (Å²) in [5.41, 5.74) is 0.704.